The summed E-state index contributed by atoms with van der Waals surface area (Å²) >= 11 is 9.41. The van der Waals surface area contributed by atoms with Gasteiger partial charge >= 0.3 is 0 Å². The quantitative estimate of drug-likeness (QED) is 0.656. The van der Waals surface area contributed by atoms with Crippen LogP contribution in [0.1, 0.15) is 5.56 Å². The summed E-state index contributed by atoms with van der Waals surface area (Å²) in [4.78, 5) is 0. The number of rotatable bonds is 4. The third-order valence-corrected chi connectivity index (χ3v) is 3.45. The predicted molar refractivity (Wildman–Crippen MR) is 84.8 cm³/mol. The topological polar surface area (TPSA) is 50.4 Å². The Morgan fingerprint density at radius 3 is 2.68 bits per heavy atom. The van der Waals surface area contributed by atoms with Crippen molar-refractivity contribution in [1.29, 1.82) is 0 Å². The third-order valence-electron chi connectivity index (χ3n) is 2.52. The highest BCUT2D eigenvalue weighted by Crippen LogP contribution is 2.18. The second kappa shape index (κ2) is 6.70. The number of hydrogen-bond acceptors (Lipinski definition) is 3. The van der Waals surface area contributed by atoms with Crippen LogP contribution in [0.15, 0.2) is 58.1 Å². The lowest BCUT2D eigenvalue weighted by Gasteiger charge is -2.08. The van der Waals surface area contributed by atoms with Gasteiger partial charge in [0.05, 0.1) is 11.4 Å². The molecule has 0 unspecified atom stereocenters. The van der Waals surface area contributed by atoms with E-state index in [1.165, 1.54) is 0 Å². The molecule has 0 amide bonds. The van der Waals surface area contributed by atoms with Gasteiger partial charge in [-0.15, -0.1) is 0 Å². The van der Waals surface area contributed by atoms with E-state index in [1.807, 2.05) is 42.5 Å². The second-order valence-electron chi connectivity index (χ2n) is 3.86. The fourth-order valence-electron chi connectivity index (χ4n) is 1.60. The van der Waals surface area contributed by atoms with Gasteiger partial charge in [-0.25, -0.2) is 0 Å². The Morgan fingerprint density at radius 1 is 1.21 bits per heavy atom. The van der Waals surface area contributed by atoms with Crippen LogP contribution >= 0.6 is 27.5 Å². The lowest BCUT2D eigenvalue weighted by molar-refractivity contribution is 1.23. The highest BCUT2D eigenvalue weighted by molar-refractivity contribution is 9.10. The molecule has 0 atom stereocenters. The molecular formula is C14H13BrClN3. The van der Waals surface area contributed by atoms with Crippen molar-refractivity contribution in [3.63, 3.8) is 0 Å². The summed E-state index contributed by atoms with van der Waals surface area (Å²) in [5.41, 5.74) is 11.3. The molecule has 3 nitrogen and oxygen atoms in total. The molecule has 0 aliphatic carbocycles. The van der Waals surface area contributed by atoms with Crippen LogP contribution in [0.2, 0.25) is 5.02 Å². The number of hydrogen-bond donors (Lipinski definition) is 2. The zero-order chi connectivity index (χ0) is 13.7. The summed E-state index contributed by atoms with van der Waals surface area (Å²) in [5.74, 6) is 0. The van der Waals surface area contributed by atoms with Crippen LogP contribution in [0, 0.1) is 0 Å². The van der Waals surface area contributed by atoms with Gasteiger partial charge in [0.1, 0.15) is 0 Å². The molecule has 0 radical (unpaired) electrons. The van der Waals surface area contributed by atoms with Gasteiger partial charge in [0.25, 0.3) is 0 Å². The first-order chi connectivity index (χ1) is 9.20. The highest BCUT2D eigenvalue weighted by Gasteiger charge is 2.05. The van der Waals surface area contributed by atoms with Crippen molar-refractivity contribution in [2.75, 3.05) is 12.0 Å². The van der Waals surface area contributed by atoms with E-state index >= 15 is 0 Å². The first-order valence-electron chi connectivity index (χ1n) is 5.74. The van der Waals surface area contributed by atoms with E-state index in [2.05, 4.69) is 26.5 Å². The van der Waals surface area contributed by atoms with Crippen molar-refractivity contribution in [3.8, 4) is 0 Å². The molecule has 19 heavy (non-hydrogen) atoms. The fraction of sp³-hybridized carbons (Fsp3) is 0.0714. The number of halogens is 2. The largest absolute Gasteiger partial charge is 0.325 e. The molecule has 0 aliphatic rings. The molecule has 0 bridgehead atoms. The van der Waals surface area contributed by atoms with Crippen LogP contribution in [-0.2, 0) is 0 Å². The van der Waals surface area contributed by atoms with Crippen molar-refractivity contribution in [2.45, 2.75) is 0 Å². The van der Waals surface area contributed by atoms with E-state index in [9.17, 15) is 0 Å². The van der Waals surface area contributed by atoms with Crippen molar-refractivity contribution < 1.29 is 0 Å². The van der Waals surface area contributed by atoms with Crippen molar-refractivity contribution >= 4 is 38.9 Å². The average Bonchev–Trinajstić information content (AvgIpc) is 2.41. The monoisotopic (exact) mass is 337 g/mol. The molecule has 0 saturated heterocycles. The zero-order valence-electron chi connectivity index (χ0n) is 10.1. The van der Waals surface area contributed by atoms with Gasteiger partial charge in [-0.05, 0) is 24.3 Å². The van der Waals surface area contributed by atoms with Crippen LogP contribution in [0.3, 0.4) is 0 Å². The normalized spacial score (nSPS) is 11.4. The minimum Gasteiger partial charge on any atom is -0.325 e. The SMILES string of the molecule is NC/C(=N\Nc1cccc(Cl)c1)c1ccccc1Br. The van der Waals surface area contributed by atoms with E-state index in [-0.39, 0.29) is 0 Å². The van der Waals surface area contributed by atoms with Gasteiger partial charge in [0.2, 0.25) is 0 Å². The number of benzene rings is 2. The Labute approximate surface area is 125 Å². The zero-order valence-corrected chi connectivity index (χ0v) is 12.4. The maximum absolute atomic E-state index is 5.92. The number of nitrogens with two attached hydrogens (primary N) is 1. The Morgan fingerprint density at radius 2 is 2.00 bits per heavy atom. The minimum atomic E-state index is 0.343. The van der Waals surface area contributed by atoms with Gasteiger partial charge < -0.3 is 5.73 Å². The molecule has 0 spiro atoms. The lowest BCUT2D eigenvalue weighted by atomic mass is 10.1. The van der Waals surface area contributed by atoms with Crippen LogP contribution in [-0.4, -0.2) is 12.3 Å². The third kappa shape index (κ3) is 3.80. The molecule has 2 aromatic carbocycles. The summed E-state index contributed by atoms with van der Waals surface area (Å²) in [6, 6.07) is 15.2. The average molecular weight is 339 g/mol. The first-order valence-corrected chi connectivity index (χ1v) is 6.91. The number of anilines is 1. The second-order valence-corrected chi connectivity index (χ2v) is 5.16. The molecule has 0 aromatic heterocycles. The van der Waals surface area contributed by atoms with Crippen molar-refractivity contribution in [1.82, 2.24) is 0 Å². The molecule has 0 fully saturated rings. The van der Waals surface area contributed by atoms with Crippen molar-refractivity contribution in [2.24, 2.45) is 10.8 Å². The molecular weight excluding hydrogens is 326 g/mol. The fourth-order valence-corrected chi connectivity index (χ4v) is 2.31. The van der Waals surface area contributed by atoms with E-state index in [0.717, 1.165) is 21.4 Å². The Hall–Kier alpha value is -1.36. The molecule has 2 aromatic rings. The molecule has 3 N–H and O–H groups in total. The standard InChI is InChI=1S/C14H13BrClN3/c15-13-7-2-1-6-12(13)14(9-17)19-18-11-5-3-4-10(16)8-11/h1-8,18H,9,17H2/b19-14+. The lowest BCUT2D eigenvalue weighted by Crippen LogP contribution is -2.17. The molecule has 5 heteroatoms. The summed E-state index contributed by atoms with van der Waals surface area (Å²) in [7, 11) is 0. The van der Waals surface area contributed by atoms with Crippen LogP contribution < -0.4 is 11.2 Å². The van der Waals surface area contributed by atoms with E-state index < -0.39 is 0 Å². The van der Waals surface area contributed by atoms with E-state index in [0.29, 0.717) is 11.6 Å². The Bertz CT molecular complexity index is 599. The Balaban J connectivity index is 2.23. The summed E-state index contributed by atoms with van der Waals surface area (Å²) in [6.07, 6.45) is 0. The van der Waals surface area contributed by atoms with Crippen molar-refractivity contribution in [3.05, 3.63) is 63.6 Å². The smallest absolute Gasteiger partial charge is 0.0826 e. The first kappa shape index (κ1) is 14.1. The van der Waals surface area contributed by atoms with E-state index in [4.69, 9.17) is 17.3 Å². The molecule has 0 aliphatic heterocycles. The number of hydrazone groups is 1. The van der Waals surface area contributed by atoms with Crippen LogP contribution in [0.5, 0.6) is 0 Å². The molecule has 2 rings (SSSR count). The summed E-state index contributed by atoms with van der Waals surface area (Å²) in [5, 5.41) is 5.00. The van der Waals surface area contributed by atoms with Gasteiger partial charge in [-0.3, -0.25) is 5.43 Å². The van der Waals surface area contributed by atoms with Gasteiger partial charge in [-0.2, -0.15) is 5.10 Å². The van der Waals surface area contributed by atoms with E-state index in [1.54, 1.807) is 6.07 Å². The molecule has 98 valence electrons. The maximum atomic E-state index is 5.92. The minimum absolute atomic E-state index is 0.343. The number of nitrogens with zero attached hydrogens (tertiary/aromatic N) is 1. The van der Waals surface area contributed by atoms with Gasteiger partial charge in [0, 0.05) is 21.6 Å². The summed E-state index contributed by atoms with van der Waals surface area (Å²) in [6.45, 7) is 0.343. The van der Waals surface area contributed by atoms with Gasteiger partial charge in [0.15, 0.2) is 0 Å². The van der Waals surface area contributed by atoms with Crippen LogP contribution in [0.4, 0.5) is 5.69 Å². The summed E-state index contributed by atoms with van der Waals surface area (Å²) < 4.78 is 0.965. The highest BCUT2D eigenvalue weighted by atomic mass is 79.9. The van der Waals surface area contributed by atoms with Gasteiger partial charge in [-0.1, -0.05) is 51.8 Å². The Kier molecular flexibility index (Phi) is 4.96. The maximum Gasteiger partial charge on any atom is 0.0826 e. The molecule has 0 saturated carbocycles. The van der Waals surface area contributed by atoms with Crippen LogP contribution in [0.25, 0.3) is 0 Å². The number of nitrogens with one attached hydrogen (secondary N) is 1. The molecule has 0 heterocycles. The predicted octanol–water partition coefficient (Wildman–Crippen LogP) is 3.88.